The summed E-state index contributed by atoms with van der Waals surface area (Å²) in [6.45, 7) is 0. The van der Waals surface area contributed by atoms with E-state index >= 15 is 0 Å². The predicted octanol–water partition coefficient (Wildman–Crippen LogP) is 2.26. The molecule has 2 aromatic heterocycles. The van der Waals surface area contributed by atoms with Gasteiger partial charge in [0.2, 0.25) is 0 Å². The lowest BCUT2D eigenvalue weighted by Gasteiger charge is -1.87. The minimum atomic E-state index is 0.417. The van der Waals surface area contributed by atoms with Gasteiger partial charge in [0, 0.05) is 0 Å². The Morgan fingerprint density at radius 3 is 2.91 bits per heavy atom. The molecule has 0 aliphatic carbocycles. The summed E-state index contributed by atoms with van der Waals surface area (Å²) >= 11 is 11.3. The minimum Gasteiger partial charge on any atom is -0.265 e. The third kappa shape index (κ3) is 1.06. The van der Waals surface area contributed by atoms with Gasteiger partial charge in [0.25, 0.3) is 0 Å². The van der Waals surface area contributed by atoms with Crippen LogP contribution in [-0.2, 0) is 0 Å². The largest absolute Gasteiger partial charge is 0.265 e. The van der Waals surface area contributed by atoms with Gasteiger partial charge in [-0.25, -0.2) is 4.98 Å². The average Bonchev–Trinajstić information content (AvgIpc) is 2.33. The van der Waals surface area contributed by atoms with E-state index in [2.05, 4.69) is 15.2 Å². The molecule has 2 heterocycles. The van der Waals surface area contributed by atoms with Crippen molar-refractivity contribution in [1.29, 1.82) is 0 Å². The zero-order valence-electron chi connectivity index (χ0n) is 5.31. The van der Waals surface area contributed by atoms with Crippen LogP contribution in [0.2, 0.25) is 10.3 Å². The molecule has 0 amide bonds. The highest BCUT2D eigenvalue weighted by Gasteiger charge is 2.03. The number of aromatic nitrogens is 3. The molecule has 0 unspecified atom stereocenters. The van der Waals surface area contributed by atoms with E-state index in [1.165, 1.54) is 0 Å². The summed E-state index contributed by atoms with van der Waals surface area (Å²) < 4.78 is 0. The highest BCUT2D eigenvalue weighted by Crippen LogP contribution is 2.19. The minimum absolute atomic E-state index is 0.417. The predicted molar refractivity (Wildman–Crippen MR) is 43.9 cm³/mol. The van der Waals surface area contributed by atoms with E-state index in [0.29, 0.717) is 15.8 Å². The van der Waals surface area contributed by atoms with Crippen LogP contribution in [0, 0.1) is 0 Å². The van der Waals surface area contributed by atoms with Gasteiger partial charge in [-0.05, 0) is 12.1 Å². The fourth-order valence-corrected chi connectivity index (χ4v) is 1.17. The van der Waals surface area contributed by atoms with E-state index in [9.17, 15) is 0 Å². The normalized spacial score (nSPS) is 10.7. The zero-order valence-corrected chi connectivity index (χ0v) is 6.82. The second-order valence-electron chi connectivity index (χ2n) is 2.04. The fraction of sp³-hybridized carbons (Fsp3) is 0. The number of nitrogens with one attached hydrogen (secondary N) is 1. The van der Waals surface area contributed by atoms with Crippen LogP contribution in [0.15, 0.2) is 12.1 Å². The third-order valence-electron chi connectivity index (χ3n) is 1.32. The first-order chi connectivity index (χ1) is 5.27. The lowest BCUT2D eigenvalue weighted by atomic mass is 10.4. The summed E-state index contributed by atoms with van der Waals surface area (Å²) in [5.74, 6) is 0. The monoisotopic (exact) mass is 187 g/mol. The molecule has 0 aromatic carbocycles. The van der Waals surface area contributed by atoms with Crippen LogP contribution in [0.25, 0.3) is 11.0 Å². The van der Waals surface area contributed by atoms with Gasteiger partial charge >= 0.3 is 0 Å². The van der Waals surface area contributed by atoms with Gasteiger partial charge in [0.05, 0.1) is 0 Å². The second kappa shape index (κ2) is 2.36. The molecule has 5 heteroatoms. The van der Waals surface area contributed by atoms with E-state index in [1.807, 2.05) is 0 Å². The third-order valence-corrected chi connectivity index (χ3v) is 1.80. The number of pyridine rings is 1. The molecule has 11 heavy (non-hydrogen) atoms. The van der Waals surface area contributed by atoms with Gasteiger partial charge < -0.3 is 0 Å². The summed E-state index contributed by atoms with van der Waals surface area (Å²) in [7, 11) is 0. The number of aromatic amines is 1. The Kier molecular flexibility index (Phi) is 1.47. The first-order valence-electron chi connectivity index (χ1n) is 2.93. The van der Waals surface area contributed by atoms with Gasteiger partial charge in [-0.15, -0.1) is 0 Å². The lowest BCUT2D eigenvalue weighted by molar-refractivity contribution is 1.12. The molecule has 56 valence electrons. The van der Waals surface area contributed by atoms with Crippen LogP contribution in [0.3, 0.4) is 0 Å². The van der Waals surface area contributed by atoms with E-state index in [4.69, 9.17) is 23.2 Å². The van der Waals surface area contributed by atoms with Crippen molar-refractivity contribution in [3.05, 3.63) is 22.4 Å². The quantitative estimate of drug-likeness (QED) is 0.644. The Balaban J connectivity index is 2.87. The standard InChI is InChI=1S/C6H3Cl2N3/c7-4-2-1-3-5(9-4)6(8)11-10-3/h1-2H,(H,10,11). The average molecular weight is 188 g/mol. The van der Waals surface area contributed by atoms with Crippen LogP contribution >= 0.6 is 23.2 Å². The maximum Gasteiger partial charge on any atom is 0.150 e. The number of hydrogen-bond acceptors (Lipinski definition) is 2. The van der Waals surface area contributed by atoms with E-state index in [0.717, 1.165) is 5.52 Å². The molecular weight excluding hydrogens is 185 g/mol. The Bertz CT molecular complexity index is 396. The maximum absolute atomic E-state index is 5.71. The second-order valence-corrected chi connectivity index (χ2v) is 2.80. The van der Waals surface area contributed by atoms with Crippen molar-refractivity contribution in [3.63, 3.8) is 0 Å². The summed E-state index contributed by atoms with van der Waals surface area (Å²) in [6.07, 6.45) is 0. The Morgan fingerprint density at radius 2 is 2.09 bits per heavy atom. The Morgan fingerprint density at radius 1 is 1.27 bits per heavy atom. The molecular formula is C6H3Cl2N3. The smallest absolute Gasteiger partial charge is 0.150 e. The first kappa shape index (κ1) is 6.88. The van der Waals surface area contributed by atoms with Crippen LogP contribution in [0.4, 0.5) is 0 Å². The molecule has 0 aliphatic heterocycles. The molecule has 0 fully saturated rings. The molecule has 0 saturated carbocycles. The first-order valence-corrected chi connectivity index (χ1v) is 3.69. The Hall–Kier alpha value is -0.800. The highest BCUT2D eigenvalue weighted by molar-refractivity contribution is 6.34. The van der Waals surface area contributed by atoms with Crippen LogP contribution in [0.5, 0.6) is 0 Å². The van der Waals surface area contributed by atoms with Crippen molar-refractivity contribution >= 4 is 34.2 Å². The van der Waals surface area contributed by atoms with Crippen molar-refractivity contribution < 1.29 is 0 Å². The number of hydrogen-bond donors (Lipinski definition) is 1. The van der Waals surface area contributed by atoms with Gasteiger partial charge in [0.15, 0.2) is 5.15 Å². The topological polar surface area (TPSA) is 41.6 Å². The number of halogens is 2. The summed E-state index contributed by atoms with van der Waals surface area (Å²) in [5, 5.41) is 7.32. The summed E-state index contributed by atoms with van der Waals surface area (Å²) in [4.78, 5) is 3.97. The maximum atomic E-state index is 5.71. The molecule has 0 aliphatic rings. The molecule has 0 radical (unpaired) electrons. The van der Waals surface area contributed by atoms with Crippen molar-refractivity contribution in [3.8, 4) is 0 Å². The van der Waals surface area contributed by atoms with Crippen LogP contribution < -0.4 is 0 Å². The molecule has 1 N–H and O–H groups in total. The Labute approximate surface area is 72.3 Å². The fourth-order valence-electron chi connectivity index (χ4n) is 0.842. The molecule has 0 bridgehead atoms. The van der Waals surface area contributed by atoms with Gasteiger partial charge in [0.1, 0.15) is 16.2 Å². The summed E-state index contributed by atoms with van der Waals surface area (Å²) in [6, 6.07) is 3.42. The summed E-state index contributed by atoms with van der Waals surface area (Å²) in [5.41, 5.74) is 1.33. The van der Waals surface area contributed by atoms with Crippen LogP contribution in [-0.4, -0.2) is 15.2 Å². The van der Waals surface area contributed by atoms with Crippen molar-refractivity contribution in [2.75, 3.05) is 0 Å². The lowest BCUT2D eigenvalue weighted by Crippen LogP contribution is -1.74. The number of fused-ring (bicyclic) bond motifs is 1. The van der Waals surface area contributed by atoms with Gasteiger partial charge in [-0.3, -0.25) is 5.10 Å². The van der Waals surface area contributed by atoms with E-state index in [1.54, 1.807) is 12.1 Å². The molecule has 0 atom stereocenters. The van der Waals surface area contributed by atoms with Crippen LogP contribution in [0.1, 0.15) is 0 Å². The van der Waals surface area contributed by atoms with E-state index in [-0.39, 0.29) is 0 Å². The van der Waals surface area contributed by atoms with Crippen molar-refractivity contribution in [2.45, 2.75) is 0 Å². The molecule has 0 saturated heterocycles. The van der Waals surface area contributed by atoms with Crippen molar-refractivity contribution in [1.82, 2.24) is 15.2 Å². The number of nitrogens with zero attached hydrogens (tertiary/aromatic N) is 2. The number of rotatable bonds is 0. The zero-order chi connectivity index (χ0) is 7.84. The molecule has 0 spiro atoms. The number of H-pyrrole nitrogens is 1. The molecule has 2 rings (SSSR count). The van der Waals surface area contributed by atoms with Crippen molar-refractivity contribution in [2.24, 2.45) is 0 Å². The van der Waals surface area contributed by atoms with Gasteiger partial charge in [-0.1, -0.05) is 23.2 Å². The molecule has 2 aromatic rings. The highest BCUT2D eigenvalue weighted by atomic mass is 35.5. The molecule has 3 nitrogen and oxygen atoms in total. The SMILES string of the molecule is Clc1ccc2n[nH]c(Cl)c2n1. The van der Waals surface area contributed by atoms with E-state index < -0.39 is 0 Å². The van der Waals surface area contributed by atoms with Gasteiger partial charge in [-0.2, -0.15) is 5.10 Å².